The molecule has 0 saturated carbocycles. The first-order valence-electron chi connectivity index (χ1n) is 8.66. The van der Waals surface area contributed by atoms with Crippen LogP contribution in [0.15, 0.2) is 61.3 Å². The maximum atomic E-state index is 12.7. The van der Waals surface area contributed by atoms with Crippen LogP contribution in [0.5, 0.6) is 0 Å². The second-order valence-corrected chi connectivity index (χ2v) is 6.28. The molecule has 3 heterocycles. The lowest BCUT2D eigenvalue weighted by molar-refractivity contribution is 0.0627. The van der Waals surface area contributed by atoms with Crippen LogP contribution in [0, 0.1) is 0 Å². The summed E-state index contributed by atoms with van der Waals surface area (Å²) in [5.41, 5.74) is 2.65. The normalized spacial score (nSPS) is 15.2. The van der Waals surface area contributed by atoms with Crippen LogP contribution in [0.3, 0.4) is 0 Å². The highest BCUT2D eigenvalue weighted by molar-refractivity contribution is 5.94. The minimum Gasteiger partial charge on any atom is -0.336 e. The van der Waals surface area contributed by atoms with Gasteiger partial charge in [0.05, 0.1) is 11.4 Å². The Balaban J connectivity index is 1.34. The summed E-state index contributed by atoms with van der Waals surface area (Å²) >= 11 is 0. The Labute approximate surface area is 151 Å². The molecule has 4 rings (SSSR count). The van der Waals surface area contributed by atoms with Gasteiger partial charge >= 0.3 is 0 Å². The van der Waals surface area contributed by atoms with Gasteiger partial charge in [0, 0.05) is 44.5 Å². The van der Waals surface area contributed by atoms with Gasteiger partial charge in [-0.2, -0.15) is 5.10 Å². The number of piperazine rings is 1. The third kappa shape index (κ3) is 3.62. The van der Waals surface area contributed by atoms with Gasteiger partial charge in [-0.3, -0.25) is 14.7 Å². The third-order valence-corrected chi connectivity index (χ3v) is 4.57. The number of nitrogens with zero attached hydrogens (tertiary/aromatic N) is 6. The number of hydrogen-bond donors (Lipinski definition) is 0. The third-order valence-electron chi connectivity index (χ3n) is 4.57. The first-order valence-corrected chi connectivity index (χ1v) is 8.66. The Bertz CT molecular complexity index is 840. The summed E-state index contributed by atoms with van der Waals surface area (Å²) in [6, 6.07) is 13.4. The molecular weight excluding hydrogens is 328 g/mol. The first kappa shape index (κ1) is 16.4. The highest BCUT2D eigenvalue weighted by Gasteiger charge is 2.22. The molecule has 0 spiro atoms. The maximum absolute atomic E-state index is 12.7. The molecule has 0 N–H and O–H groups in total. The van der Waals surface area contributed by atoms with E-state index in [1.807, 2.05) is 53.6 Å². The van der Waals surface area contributed by atoms with Gasteiger partial charge in [-0.05, 0) is 36.4 Å². The molecule has 1 aliphatic heterocycles. The molecule has 1 aliphatic rings. The summed E-state index contributed by atoms with van der Waals surface area (Å²) in [4.78, 5) is 25.3. The largest absolute Gasteiger partial charge is 0.336 e. The van der Waals surface area contributed by atoms with Gasteiger partial charge in [0.15, 0.2) is 0 Å². The van der Waals surface area contributed by atoms with Crippen molar-refractivity contribution in [2.75, 3.05) is 26.2 Å². The van der Waals surface area contributed by atoms with Crippen molar-refractivity contribution in [2.45, 2.75) is 6.54 Å². The molecule has 1 amide bonds. The number of rotatable bonds is 4. The van der Waals surface area contributed by atoms with E-state index < -0.39 is 0 Å². The quantitative estimate of drug-likeness (QED) is 0.717. The van der Waals surface area contributed by atoms with E-state index in [0.29, 0.717) is 5.56 Å². The lowest BCUT2D eigenvalue weighted by atomic mass is 10.1. The molecule has 1 saturated heterocycles. The van der Waals surface area contributed by atoms with Crippen molar-refractivity contribution in [2.24, 2.45) is 0 Å². The van der Waals surface area contributed by atoms with Crippen molar-refractivity contribution >= 4 is 5.91 Å². The van der Waals surface area contributed by atoms with Gasteiger partial charge in [0.1, 0.15) is 12.7 Å². The van der Waals surface area contributed by atoms with Gasteiger partial charge in [-0.25, -0.2) is 9.67 Å². The monoisotopic (exact) mass is 348 g/mol. The zero-order valence-electron chi connectivity index (χ0n) is 14.4. The molecule has 0 bridgehead atoms. The van der Waals surface area contributed by atoms with E-state index in [0.717, 1.165) is 44.1 Å². The number of pyridine rings is 1. The molecule has 1 aromatic carbocycles. The minimum absolute atomic E-state index is 0.0765. The molecule has 3 aromatic rings. The van der Waals surface area contributed by atoms with Crippen molar-refractivity contribution in [1.82, 2.24) is 29.5 Å². The summed E-state index contributed by atoms with van der Waals surface area (Å²) in [6.07, 6.45) is 4.94. The molecule has 7 nitrogen and oxygen atoms in total. The van der Waals surface area contributed by atoms with E-state index in [4.69, 9.17) is 0 Å². The zero-order chi connectivity index (χ0) is 17.8. The second-order valence-electron chi connectivity index (χ2n) is 6.28. The fourth-order valence-electron chi connectivity index (χ4n) is 3.11. The average Bonchev–Trinajstić information content (AvgIpc) is 3.24. The predicted molar refractivity (Wildman–Crippen MR) is 96.8 cm³/mol. The van der Waals surface area contributed by atoms with Gasteiger partial charge in [0.2, 0.25) is 0 Å². The number of carbonyl (C=O) groups excluding carboxylic acids is 1. The SMILES string of the molecule is O=C(c1ccc(-n2cncn2)cc1)N1CCN(Cc2ccccn2)CC1. The van der Waals surface area contributed by atoms with E-state index in [2.05, 4.69) is 20.0 Å². The Morgan fingerprint density at radius 2 is 1.81 bits per heavy atom. The summed E-state index contributed by atoms with van der Waals surface area (Å²) in [5, 5.41) is 4.09. The first-order chi connectivity index (χ1) is 12.8. The van der Waals surface area contributed by atoms with Crippen LogP contribution < -0.4 is 0 Å². The van der Waals surface area contributed by atoms with E-state index in [1.54, 1.807) is 11.0 Å². The number of hydrogen-bond acceptors (Lipinski definition) is 5. The molecule has 26 heavy (non-hydrogen) atoms. The fraction of sp³-hybridized carbons (Fsp3) is 0.263. The van der Waals surface area contributed by atoms with Crippen LogP contribution in [0.2, 0.25) is 0 Å². The standard InChI is InChI=1S/C19H20N6O/c26-19(16-4-6-18(7-5-16)25-15-20-14-22-25)24-11-9-23(10-12-24)13-17-3-1-2-8-21-17/h1-8,14-15H,9-13H2. The van der Waals surface area contributed by atoms with Gasteiger partial charge < -0.3 is 4.90 Å². The summed E-state index contributed by atoms with van der Waals surface area (Å²) in [6.45, 7) is 4.02. The molecule has 2 aromatic heterocycles. The lowest BCUT2D eigenvalue weighted by Gasteiger charge is -2.34. The van der Waals surface area contributed by atoms with E-state index in [9.17, 15) is 4.79 Å². The molecule has 0 atom stereocenters. The zero-order valence-corrected chi connectivity index (χ0v) is 14.4. The smallest absolute Gasteiger partial charge is 0.253 e. The molecule has 132 valence electrons. The van der Waals surface area contributed by atoms with Gasteiger partial charge in [-0.15, -0.1) is 0 Å². The van der Waals surface area contributed by atoms with Crippen molar-refractivity contribution in [3.8, 4) is 5.69 Å². The Kier molecular flexibility index (Phi) is 4.70. The topological polar surface area (TPSA) is 67.2 Å². The highest BCUT2D eigenvalue weighted by atomic mass is 16.2. The van der Waals surface area contributed by atoms with Gasteiger partial charge in [0.25, 0.3) is 5.91 Å². The van der Waals surface area contributed by atoms with E-state index in [-0.39, 0.29) is 5.91 Å². The summed E-state index contributed by atoms with van der Waals surface area (Å²) < 4.78 is 1.67. The number of aromatic nitrogens is 4. The van der Waals surface area contributed by atoms with Crippen molar-refractivity contribution in [1.29, 1.82) is 0 Å². The van der Waals surface area contributed by atoms with Crippen LogP contribution in [0.1, 0.15) is 16.1 Å². The Morgan fingerprint density at radius 1 is 1.00 bits per heavy atom. The van der Waals surface area contributed by atoms with Crippen LogP contribution >= 0.6 is 0 Å². The Morgan fingerprint density at radius 3 is 2.46 bits per heavy atom. The van der Waals surface area contributed by atoms with E-state index in [1.165, 1.54) is 6.33 Å². The second kappa shape index (κ2) is 7.45. The van der Waals surface area contributed by atoms with Crippen molar-refractivity contribution in [3.05, 3.63) is 72.6 Å². The molecule has 0 unspecified atom stereocenters. The maximum Gasteiger partial charge on any atom is 0.253 e. The summed E-state index contributed by atoms with van der Waals surface area (Å²) in [5.74, 6) is 0.0765. The fourth-order valence-corrected chi connectivity index (χ4v) is 3.11. The summed E-state index contributed by atoms with van der Waals surface area (Å²) in [7, 11) is 0. The van der Waals surface area contributed by atoms with Crippen LogP contribution in [0.25, 0.3) is 5.69 Å². The van der Waals surface area contributed by atoms with E-state index >= 15 is 0 Å². The molecule has 0 aliphatic carbocycles. The minimum atomic E-state index is 0.0765. The van der Waals surface area contributed by atoms with Gasteiger partial charge in [-0.1, -0.05) is 6.07 Å². The number of amides is 1. The molecule has 0 radical (unpaired) electrons. The van der Waals surface area contributed by atoms with Crippen LogP contribution in [-0.2, 0) is 6.54 Å². The molecule has 7 heteroatoms. The van der Waals surface area contributed by atoms with Crippen LogP contribution in [0.4, 0.5) is 0 Å². The Hall–Kier alpha value is -3.06. The van der Waals surface area contributed by atoms with Crippen molar-refractivity contribution < 1.29 is 4.79 Å². The average molecular weight is 348 g/mol. The number of carbonyl (C=O) groups is 1. The molecule has 1 fully saturated rings. The number of benzene rings is 1. The highest BCUT2D eigenvalue weighted by Crippen LogP contribution is 2.13. The predicted octanol–water partition coefficient (Wildman–Crippen LogP) is 1.62. The molecular formula is C19H20N6O. The van der Waals surface area contributed by atoms with Crippen LogP contribution in [-0.4, -0.2) is 61.6 Å². The lowest BCUT2D eigenvalue weighted by Crippen LogP contribution is -2.48. The van der Waals surface area contributed by atoms with Crippen molar-refractivity contribution in [3.63, 3.8) is 0 Å².